The smallest absolute Gasteiger partial charge is 0.143 e. The van der Waals surface area contributed by atoms with E-state index in [0.717, 1.165) is 28.1 Å². The third-order valence-corrected chi connectivity index (χ3v) is 3.57. The SMILES string of the molecule is Cc1nsc(N)c1-c1nc2ccc(Cl)cc2[nH]1. The first-order valence-electron chi connectivity index (χ1n) is 5.02. The largest absolute Gasteiger partial charge is 0.389 e. The van der Waals surface area contributed by atoms with Crippen LogP contribution in [0.3, 0.4) is 0 Å². The van der Waals surface area contributed by atoms with Crippen LogP contribution in [0.1, 0.15) is 5.69 Å². The summed E-state index contributed by atoms with van der Waals surface area (Å²) in [6.07, 6.45) is 0. The summed E-state index contributed by atoms with van der Waals surface area (Å²) in [4.78, 5) is 7.70. The lowest BCUT2D eigenvalue weighted by Gasteiger charge is -1.94. The van der Waals surface area contributed by atoms with Crippen LogP contribution in [0.2, 0.25) is 5.02 Å². The molecule has 1 aromatic carbocycles. The van der Waals surface area contributed by atoms with Crippen molar-refractivity contribution in [3.63, 3.8) is 0 Å². The number of halogens is 1. The first-order chi connectivity index (χ1) is 8.15. The number of nitrogens with zero attached hydrogens (tertiary/aromatic N) is 2. The average molecular weight is 265 g/mol. The van der Waals surface area contributed by atoms with Crippen molar-refractivity contribution in [3.05, 3.63) is 28.9 Å². The normalized spacial score (nSPS) is 11.2. The van der Waals surface area contributed by atoms with E-state index in [2.05, 4.69) is 14.3 Å². The van der Waals surface area contributed by atoms with E-state index in [1.807, 2.05) is 25.1 Å². The molecule has 4 nitrogen and oxygen atoms in total. The van der Waals surface area contributed by atoms with Gasteiger partial charge in [0.15, 0.2) is 0 Å². The fourth-order valence-electron chi connectivity index (χ4n) is 1.78. The number of anilines is 1. The Bertz CT molecular complexity index is 681. The molecule has 17 heavy (non-hydrogen) atoms. The van der Waals surface area contributed by atoms with E-state index < -0.39 is 0 Å². The maximum atomic E-state index is 5.93. The molecule has 0 saturated heterocycles. The molecule has 86 valence electrons. The third kappa shape index (κ3) is 1.67. The molecule has 0 saturated carbocycles. The minimum atomic E-state index is 0.674. The van der Waals surface area contributed by atoms with Gasteiger partial charge in [0.1, 0.15) is 10.8 Å². The number of hydrogen-bond acceptors (Lipinski definition) is 4. The predicted molar refractivity (Wildman–Crippen MR) is 71.4 cm³/mol. The van der Waals surface area contributed by atoms with Gasteiger partial charge in [-0.3, -0.25) is 0 Å². The minimum Gasteiger partial charge on any atom is -0.389 e. The molecule has 3 aromatic rings. The monoisotopic (exact) mass is 264 g/mol. The van der Waals surface area contributed by atoms with Crippen LogP contribution in [0, 0.1) is 6.92 Å². The van der Waals surface area contributed by atoms with Crippen molar-refractivity contribution in [2.75, 3.05) is 5.73 Å². The maximum Gasteiger partial charge on any atom is 0.143 e. The van der Waals surface area contributed by atoms with Gasteiger partial charge in [-0.2, -0.15) is 4.37 Å². The summed E-state index contributed by atoms with van der Waals surface area (Å²) in [5, 5.41) is 1.36. The Kier molecular flexibility index (Phi) is 2.31. The number of aryl methyl sites for hydroxylation is 1. The van der Waals surface area contributed by atoms with Gasteiger partial charge in [-0.15, -0.1) is 0 Å². The zero-order valence-electron chi connectivity index (χ0n) is 8.99. The van der Waals surface area contributed by atoms with Gasteiger partial charge in [-0.1, -0.05) is 11.6 Å². The average Bonchev–Trinajstić information content (AvgIpc) is 2.81. The quantitative estimate of drug-likeness (QED) is 0.709. The highest BCUT2D eigenvalue weighted by molar-refractivity contribution is 7.10. The molecule has 0 radical (unpaired) electrons. The van der Waals surface area contributed by atoms with Gasteiger partial charge in [0.05, 0.1) is 22.3 Å². The molecule has 3 rings (SSSR count). The highest BCUT2D eigenvalue weighted by Crippen LogP contribution is 2.31. The second-order valence-corrected chi connectivity index (χ2v) is 5.00. The van der Waals surface area contributed by atoms with Crippen molar-refractivity contribution in [1.82, 2.24) is 14.3 Å². The summed E-state index contributed by atoms with van der Waals surface area (Å²) in [7, 11) is 0. The summed E-state index contributed by atoms with van der Waals surface area (Å²) < 4.78 is 4.21. The van der Waals surface area contributed by atoms with Crippen LogP contribution in [0.5, 0.6) is 0 Å². The van der Waals surface area contributed by atoms with Gasteiger partial charge in [0.25, 0.3) is 0 Å². The Labute approximate surface area is 107 Å². The molecule has 0 aliphatic carbocycles. The topological polar surface area (TPSA) is 67.6 Å². The van der Waals surface area contributed by atoms with Gasteiger partial charge < -0.3 is 10.7 Å². The molecule has 0 fully saturated rings. The molecule has 0 amide bonds. The highest BCUT2D eigenvalue weighted by Gasteiger charge is 2.14. The zero-order chi connectivity index (χ0) is 12.0. The number of imidazole rings is 1. The molecular weight excluding hydrogens is 256 g/mol. The van der Waals surface area contributed by atoms with Crippen LogP contribution in [0.15, 0.2) is 18.2 Å². The van der Waals surface area contributed by atoms with Gasteiger partial charge in [0.2, 0.25) is 0 Å². The number of nitrogens with two attached hydrogens (primary N) is 1. The van der Waals surface area contributed by atoms with Crippen LogP contribution < -0.4 is 5.73 Å². The van der Waals surface area contributed by atoms with Crippen molar-refractivity contribution >= 4 is 39.2 Å². The van der Waals surface area contributed by atoms with E-state index in [4.69, 9.17) is 17.3 Å². The first-order valence-corrected chi connectivity index (χ1v) is 6.17. The number of hydrogen-bond donors (Lipinski definition) is 2. The first kappa shape index (κ1) is 10.6. The Morgan fingerprint density at radius 3 is 2.94 bits per heavy atom. The maximum absolute atomic E-state index is 5.93. The molecule has 0 aliphatic heterocycles. The predicted octanol–water partition coefficient (Wildman–Crippen LogP) is 3.23. The second kappa shape index (κ2) is 3.72. The van der Waals surface area contributed by atoms with Crippen molar-refractivity contribution < 1.29 is 0 Å². The molecule has 0 atom stereocenters. The van der Waals surface area contributed by atoms with Crippen LogP contribution in [0.25, 0.3) is 22.4 Å². The highest BCUT2D eigenvalue weighted by atomic mass is 35.5. The molecule has 0 unspecified atom stereocenters. The van der Waals surface area contributed by atoms with E-state index in [1.165, 1.54) is 11.5 Å². The van der Waals surface area contributed by atoms with Crippen LogP contribution in [-0.2, 0) is 0 Å². The number of benzene rings is 1. The number of H-pyrrole nitrogens is 1. The lowest BCUT2D eigenvalue weighted by molar-refractivity contribution is 1.28. The fourth-order valence-corrected chi connectivity index (χ4v) is 2.61. The summed E-state index contributed by atoms with van der Waals surface area (Å²) in [5.74, 6) is 0.742. The van der Waals surface area contributed by atoms with E-state index in [9.17, 15) is 0 Å². The third-order valence-electron chi connectivity index (χ3n) is 2.57. The molecule has 0 bridgehead atoms. The van der Waals surface area contributed by atoms with Crippen molar-refractivity contribution in [2.45, 2.75) is 6.92 Å². The van der Waals surface area contributed by atoms with Crippen LogP contribution in [-0.4, -0.2) is 14.3 Å². The zero-order valence-corrected chi connectivity index (χ0v) is 10.6. The molecular formula is C11H9ClN4S. The van der Waals surface area contributed by atoms with Gasteiger partial charge >= 0.3 is 0 Å². The van der Waals surface area contributed by atoms with Crippen molar-refractivity contribution in [1.29, 1.82) is 0 Å². The van der Waals surface area contributed by atoms with E-state index in [1.54, 1.807) is 0 Å². The standard InChI is InChI=1S/C11H9ClN4S/c1-5-9(10(13)17-16-5)11-14-7-3-2-6(12)4-8(7)15-11/h2-4H,13H2,1H3,(H,14,15). The Balaban J connectivity index is 2.25. The number of aromatic nitrogens is 3. The number of aromatic amines is 1. The summed E-state index contributed by atoms with van der Waals surface area (Å²) in [6.45, 7) is 1.92. The van der Waals surface area contributed by atoms with Gasteiger partial charge in [-0.25, -0.2) is 4.98 Å². The van der Waals surface area contributed by atoms with Crippen molar-refractivity contribution in [3.8, 4) is 11.4 Å². The Hall–Kier alpha value is -1.59. The summed E-state index contributed by atoms with van der Waals surface area (Å²) in [5.41, 5.74) is 9.43. The summed E-state index contributed by atoms with van der Waals surface area (Å²) in [6, 6.07) is 5.54. The number of nitrogens with one attached hydrogen (secondary N) is 1. The van der Waals surface area contributed by atoms with E-state index in [0.29, 0.717) is 10.0 Å². The van der Waals surface area contributed by atoms with Crippen molar-refractivity contribution in [2.24, 2.45) is 0 Å². The molecule has 0 aliphatic rings. The molecule has 0 spiro atoms. The summed E-state index contributed by atoms with van der Waals surface area (Å²) >= 11 is 7.21. The fraction of sp³-hybridized carbons (Fsp3) is 0.0909. The second-order valence-electron chi connectivity index (χ2n) is 3.75. The van der Waals surface area contributed by atoms with Crippen LogP contribution >= 0.6 is 23.1 Å². The lowest BCUT2D eigenvalue weighted by Crippen LogP contribution is -1.87. The number of rotatable bonds is 1. The number of nitrogen functional groups attached to an aromatic ring is 1. The van der Waals surface area contributed by atoms with Gasteiger partial charge in [-0.05, 0) is 36.7 Å². The Morgan fingerprint density at radius 1 is 1.41 bits per heavy atom. The molecule has 3 N–H and O–H groups in total. The minimum absolute atomic E-state index is 0.674. The van der Waals surface area contributed by atoms with E-state index >= 15 is 0 Å². The van der Waals surface area contributed by atoms with Crippen LogP contribution in [0.4, 0.5) is 5.00 Å². The van der Waals surface area contributed by atoms with Gasteiger partial charge in [0, 0.05) is 5.02 Å². The number of fused-ring (bicyclic) bond motifs is 1. The molecule has 2 heterocycles. The lowest BCUT2D eigenvalue weighted by atomic mass is 10.2. The molecule has 6 heteroatoms. The Morgan fingerprint density at radius 2 is 2.24 bits per heavy atom. The van der Waals surface area contributed by atoms with E-state index in [-0.39, 0.29) is 0 Å². The molecule has 2 aromatic heterocycles.